The van der Waals surface area contributed by atoms with Crippen LogP contribution in [-0.2, 0) is 6.54 Å². The van der Waals surface area contributed by atoms with E-state index in [1.54, 1.807) is 24.3 Å². The van der Waals surface area contributed by atoms with Crippen LogP contribution in [0.15, 0.2) is 35.3 Å². The average Bonchev–Trinajstić information content (AvgIpc) is 2.99. The molecule has 0 radical (unpaired) electrons. The highest BCUT2D eigenvalue weighted by Gasteiger charge is 2.17. The SMILES string of the molecule is O=c1n(NC2=CCOc3ccc(O)cc32)cc(O)n1CCCCN1CCCCC1. The number of benzene rings is 1. The number of rotatable bonds is 7. The van der Waals surface area contributed by atoms with Crippen LogP contribution >= 0.6 is 0 Å². The predicted molar refractivity (Wildman–Crippen MR) is 111 cm³/mol. The molecule has 2 aliphatic rings. The number of phenols is 1. The van der Waals surface area contributed by atoms with Crippen molar-refractivity contribution < 1.29 is 14.9 Å². The fourth-order valence-corrected chi connectivity index (χ4v) is 3.96. The van der Waals surface area contributed by atoms with Crippen LogP contribution < -0.4 is 15.9 Å². The quantitative estimate of drug-likeness (QED) is 0.618. The van der Waals surface area contributed by atoms with Gasteiger partial charge in [0.1, 0.15) is 18.1 Å². The third-order valence-electron chi connectivity index (χ3n) is 5.53. The first-order valence-electron chi connectivity index (χ1n) is 10.3. The topological polar surface area (TPSA) is 91.9 Å². The van der Waals surface area contributed by atoms with Gasteiger partial charge in [-0.1, -0.05) is 6.42 Å². The molecule has 0 aliphatic carbocycles. The van der Waals surface area contributed by atoms with Crippen molar-refractivity contribution >= 4 is 5.70 Å². The van der Waals surface area contributed by atoms with Crippen molar-refractivity contribution in [1.29, 1.82) is 0 Å². The lowest BCUT2D eigenvalue weighted by Crippen LogP contribution is -2.32. The number of unbranched alkanes of at least 4 members (excludes halogenated alkanes) is 1. The van der Waals surface area contributed by atoms with Crippen molar-refractivity contribution in [2.45, 2.75) is 38.6 Å². The summed E-state index contributed by atoms with van der Waals surface area (Å²) in [6.45, 7) is 4.22. The molecule has 1 aromatic heterocycles. The molecular formula is C21H28N4O4. The second-order valence-corrected chi connectivity index (χ2v) is 7.62. The maximum atomic E-state index is 12.7. The summed E-state index contributed by atoms with van der Waals surface area (Å²) >= 11 is 0. The largest absolute Gasteiger partial charge is 0.508 e. The number of nitrogens with one attached hydrogen (secondary N) is 1. The van der Waals surface area contributed by atoms with Gasteiger partial charge in [0.15, 0.2) is 0 Å². The van der Waals surface area contributed by atoms with Crippen LogP contribution in [0.2, 0.25) is 0 Å². The van der Waals surface area contributed by atoms with Gasteiger partial charge in [0, 0.05) is 12.1 Å². The number of nitrogens with zero attached hydrogens (tertiary/aromatic N) is 3. The summed E-state index contributed by atoms with van der Waals surface area (Å²) < 4.78 is 8.20. The highest BCUT2D eigenvalue weighted by molar-refractivity contribution is 5.76. The smallest absolute Gasteiger partial charge is 0.349 e. The standard InChI is InChI=1S/C21H28N4O4/c26-16-6-7-19-17(14-16)18(8-13-29-19)22-25-15-20(27)24(21(25)28)12-5-4-11-23-9-2-1-3-10-23/h6-8,14-15,22,26-27H,1-5,9-13H2. The Morgan fingerprint density at radius 3 is 2.69 bits per heavy atom. The van der Waals surface area contributed by atoms with E-state index in [9.17, 15) is 15.0 Å². The van der Waals surface area contributed by atoms with Gasteiger partial charge in [0.25, 0.3) is 0 Å². The van der Waals surface area contributed by atoms with Gasteiger partial charge in [-0.05, 0) is 69.6 Å². The molecule has 0 saturated carbocycles. The van der Waals surface area contributed by atoms with E-state index in [4.69, 9.17) is 4.74 Å². The number of imidazole rings is 1. The zero-order valence-electron chi connectivity index (χ0n) is 16.5. The average molecular weight is 400 g/mol. The minimum Gasteiger partial charge on any atom is -0.508 e. The van der Waals surface area contributed by atoms with Crippen LogP contribution in [0.1, 0.15) is 37.7 Å². The molecule has 1 saturated heterocycles. The number of phenolic OH excluding ortho intramolecular Hbond substituents is 1. The summed E-state index contributed by atoms with van der Waals surface area (Å²) in [4.78, 5) is 15.2. The third kappa shape index (κ3) is 4.42. The Hall–Kier alpha value is -2.87. The van der Waals surface area contributed by atoms with Crippen LogP contribution in [0.5, 0.6) is 17.4 Å². The number of likely N-dealkylation sites (tertiary alicyclic amines) is 1. The highest BCUT2D eigenvalue weighted by Crippen LogP contribution is 2.31. The van der Waals surface area contributed by atoms with Crippen molar-refractivity contribution in [3.63, 3.8) is 0 Å². The zero-order chi connectivity index (χ0) is 20.2. The molecule has 1 fully saturated rings. The Labute approximate surface area is 169 Å². The Bertz CT molecular complexity index is 941. The van der Waals surface area contributed by atoms with Crippen LogP contribution in [0.4, 0.5) is 0 Å². The number of aromatic hydroxyl groups is 2. The number of fused-ring (bicyclic) bond motifs is 1. The summed E-state index contributed by atoms with van der Waals surface area (Å²) in [5.74, 6) is 0.676. The fourth-order valence-electron chi connectivity index (χ4n) is 3.96. The van der Waals surface area contributed by atoms with E-state index in [1.807, 2.05) is 0 Å². The molecule has 0 amide bonds. The normalized spacial score (nSPS) is 16.8. The summed E-state index contributed by atoms with van der Waals surface area (Å²) in [5.41, 5.74) is 4.01. The predicted octanol–water partition coefficient (Wildman–Crippen LogP) is 2.30. The fraction of sp³-hybridized carbons (Fsp3) is 0.476. The lowest BCUT2D eigenvalue weighted by molar-refractivity contribution is 0.223. The van der Waals surface area contributed by atoms with Crippen molar-refractivity contribution in [1.82, 2.24) is 14.1 Å². The van der Waals surface area contributed by atoms with E-state index < -0.39 is 0 Å². The molecule has 3 N–H and O–H groups in total. The lowest BCUT2D eigenvalue weighted by Gasteiger charge is -2.26. The summed E-state index contributed by atoms with van der Waals surface area (Å²) in [6, 6.07) is 4.82. The number of ether oxygens (including phenoxy) is 1. The minimum absolute atomic E-state index is 0.0655. The highest BCUT2D eigenvalue weighted by atomic mass is 16.5. The molecule has 0 atom stereocenters. The minimum atomic E-state index is -0.324. The summed E-state index contributed by atoms with van der Waals surface area (Å²) in [5, 5.41) is 20.0. The Balaban J connectivity index is 1.39. The lowest BCUT2D eigenvalue weighted by atomic mass is 10.1. The molecule has 0 spiro atoms. The third-order valence-corrected chi connectivity index (χ3v) is 5.53. The first kappa shape index (κ1) is 19.4. The van der Waals surface area contributed by atoms with Gasteiger partial charge in [-0.2, -0.15) is 0 Å². The van der Waals surface area contributed by atoms with Gasteiger partial charge in [-0.3, -0.25) is 9.99 Å². The van der Waals surface area contributed by atoms with Crippen LogP contribution in [0, 0.1) is 0 Å². The first-order valence-corrected chi connectivity index (χ1v) is 10.3. The second kappa shape index (κ2) is 8.65. The van der Waals surface area contributed by atoms with Crippen molar-refractivity contribution in [3.05, 3.63) is 46.5 Å². The molecule has 8 heteroatoms. The van der Waals surface area contributed by atoms with E-state index in [2.05, 4.69) is 10.3 Å². The number of aromatic nitrogens is 2. The molecular weight excluding hydrogens is 372 g/mol. The van der Waals surface area contributed by atoms with E-state index in [-0.39, 0.29) is 17.3 Å². The van der Waals surface area contributed by atoms with Crippen LogP contribution in [0.3, 0.4) is 0 Å². The van der Waals surface area contributed by atoms with Crippen molar-refractivity contribution in [3.8, 4) is 17.4 Å². The number of hydrogen-bond donors (Lipinski definition) is 3. The monoisotopic (exact) mass is 400 g/mol. The number of piperidine rings is 1. The van der Waals surface area contributed by atoms with Gasteiger partial charge in [-0.25, -0.2) is 9.47 Å². The Morgan fingerprint density at radius 2 is 1.86 bits per heavy atom. The molecule has 0 unspecified atom stereocenters. The molecule has 0 bridgehead atoms. The first-order chi connectivity index (χ1) is 14.1. The maximum Gasteiger partial charge on any atom is 0.349 e. The van der Waals surface area contributed by atoms with Crippen molar-refractivity contribution in [2.24, 2.45) is 0 Å². The maximum absolute atomic E-state index is 12.7. The summed E-state index contributed by atoms with van der Waals surface area (Å²) in [7, 11) is 0. The summed E-state index contributed by atoms with van der Waals surface area (Å²) in [6.07, 6.45) is 8.88. The van der Waals surface area contributed by atoms with E-state index in [0.29, 0.717) is 30.2 Å². The zero-order valence-corrected chi connectivity index (χ0v) is 16.5. The molecule has 156 valence electrons. The molecule has 1 aromatic carbocycles. The molecule has 29 heavy (non-hydrogen) atoms. The van der Waals surface area contributed by atoms with Gasteiger partial charge < -0.3 is 19.8 Å². The van der Waals surface area contributed by atoms with Gasteiger partial charge >= 0.3 is 5.69 Å². The van der Waals surface area contributed by atoms with E-state index in [1.165, 1.54) is 47.8 Å². The number of hydrogen-bond acceptors (Lipinski definition) is 6. The molecule has 8 nitrogen and oxygen atoms in total. The van der Waals surface area contributed by atoms with Gasteiger partial charge in [0.05, 0.1) is 11.9 Å². The molecule has 4 rings (SSSR count). The van der Waals surface area contributed by atoms with E-state index in [0.717, 1.165) is 19.4 Å². The Morgan fingerprint density at radius 1 is 1.07 bits per heavy atom. The van der Waals surface area contributed by atoms with Crippen LogP contribution in [0.25, 0.3) is 5.70 Å². The second-order valence-electron chi connectivity index (χ2n) is 7.62. The van der Waals surface area contributed by atoms with Crippen LogP contribution in [-0.4, -0.2) is 50.6 Å². The van der Waals surface area contributed by atoms with E-state index >= 15 is 0 Å². The molecule has 2 aliphatic heterocycles. The molecule has 3 heterocycles. The van der Waals surface area contributed by atoms with Gasteiger partial charge in [-0.15, -0.1) is 0 Å². The van der Waals surface area contributed by atoms with Gasteiger partial charge in [0.2, 0.25) is 5.88 Å². The van der Waals surface area contributed by atoms with Crippen molar-refractivity contribution in [2.75, 3.05) is 31.7 Å². The Kier molecular flexibility index (Phi) is 5.80. The molecule has 2 aromatic rings.